The molecule has 25 nitrogen and oxygen atoms in total. The van der Waals surface area contributed by atoms with Crippen LogP contribution in [0.3, 0.4) is 0 Å². The third kappa shape index (κ3) is 51.8. The molecule has 0 amide bonds. The lowest BCUT2D eigenvalue weighted by Crippen LogP contribution is -2.47. The molecule has 740 valence electrons. The number of carbonyl (C=O) groups is 5. The molecule has 0 heterocycles. The van der Waals surface area contributed by atoms with Crippen LogP contribution >= 0.6 is 11.6 Å². The lowest BCUT2D eigenvalue weighted by Gasteiger charge is -2.36. The van der Waals surface area contributed by atoms with Crippen LogP contribution in [-0.4, -0.2) is 154 Å². The minimum atomic E-state index is -0.475. The number of para-hydroxylation sites is 1. The zero-order chi connectivity index (χ0) is 103. The maximum Gasteiger partial charge on any atom is 0.373 e. The number of unbranched alkanes of at least 4 members (excludes halogenated alkanes) is 5. The Morgan fingerprint density at radius 3 is 0.879 bits per heavy atom. The Bertz CT molecular complexity index is 4080. The largest absolute Gasteiger partial charge is 0.461 e. The molecular weight excluding hydrogens is 1730 g/mol. The average molecular weight is 1880 g/mol. The Hall–Kier alpha value is -10.9. The molecule has 132 heavy (non-hydrogen) atoms. The number of carbonyl (C=O) groups excluding carboxylic acids is 15. The van der Waals surface area contributed by atoms with Crippen molar-refractivity contribution in [3.05, 3.63) is 153 Å². The normalized spacial score (nSPS) is 11.4. The smallest absolute Gasteiger partial charge is 0.373 e. The Labute approximate surface area is 788 Å². The van der Waals surface area contributed by atoms with Crippen molar-refractivity contribution in [2.75, 3.05) is 57.2 Å². The molecule has 0 aliphatic carbocycles. The summed E-state index contributed by atoms with van der Waals surface area (Å²) in [6.45, 7) is 65.5. The third-order valence-corrected chi connectivity index (χ3v) is 19.6. The first kappa shape index (κ1) is 130. The van der Waals surface area contributed by atoms with Gasteiger partial charge in [0, 0.05) is 71.7 Å². The molecule has 0 saturated heterocycles. The minimum Gasteiger partial charge on any atom is -0.461 e. The Morgan fingerprint density at radius 2 is 0.614 bits per heavy atom. The van der Waals surface area contributed by atoms with E-state index in [-0.39, 0.29) is 156 Å². The van der Waals surface area contributed by atoms with E-state index in [4.69, 9.17) is 83.2 Å². The summed E-state index contributed by atoms with van der Waals surface area (Å²) < 4.78 is 83.3. The van der Waals surface area contributed by atoms with E-state index in [2.05, 4.69) is 70.9 Å². The highest BCUT2D eigenvalue weighted by Gasteiger charge is 2.37. The van der Waals surface area contributed by atoms with Gasteiger partial charge in [-0.3, -0.25) is 0 Å². The van der Waals surface area contributed by atoms with Crippen LogP contribution in [0.25, 0.3) is 6.08 Å². The number of benzene rings is 5. The van der Waals surface area contributed by atoms with Crippen LogP contribution in [0.15, 0.2) is 91.5 Å². The van der Waals surface area contributed by atoms with Gasteiger partial charge >= 0.3 is 60.6 Å². The fraction of sp³-hybridized carbons (Fsp3) is 0.588. The molecular formula is C102H152ClF4N5O20. The molecule has 0 radical (unpaired) electrons. The van der Waals surface area contributed by atoms with E-state index >= 15 is 0 Å². The Morgan fingerprint density at radius 1 is 0.348 bits per heavy atom. The van der Waals surface area contributed by atoms with Gasteiger partial charge in [0.25, 0.3) is 0 Å². The number of aryl methyl sites for hydroxylation is 4. The first-order valence-electron chi connectivity index (χ1n) is 45.2. The molecule has 5 aromatic carbocycles. The molecule has 0 saturated carbocycles. The van der Waals surface area contributed by atoms with Crippen LogP contribution in [0.2, 0.25) is 5.02 Å². The molecule has 0 aromatic heterocycles. The fourth-order valence-electron chi connectivity index (χ4n) is 13.5. The van der Waals surface area contributed by atoms with Gasteiger partial charge in [0.15, 0.2) is 0 Å². The van der Waals surface area contributed by atoms with Crippen LogP contribution in [-0.2, 0) is 95.6 Å². The van der Waals surface area contributed by atoms with Crippen LogP contribution in [0.5, 0.6) is 0 Å². The maximum atomic E-state index is 14.2. The second-order valence-corrected chi connectivity index (χ2v) is 34.5. The zero-order valence-electron chi connectivity index (χ0n) is 83.9. The van der Waals surface area contributed by atoms with Crippen LogP contribution in [0.4, 0.5) is 46.0 Å². The van der Waals surface area contributed by atoms with Crippen molar-refractivity contribution in [2.45, 2.75) is 333 Å². The van der Waals surface area contributed by atoms with E-state index in [1.165, 1.54) is 24.3 Å². The monoisotopic (exact) mass is 1880 g/mol. The summed E-state index contributed by atoms with van der Waals surface area (Å²) in [5.74, 6) is -1.77. The summed E-state index contributed by atoms with van der Waals surface area (Å²) in [6.07, 6.45) is 12.2. The topological polar surface area (TPSA) is 318 Å². The van der Waals surface area contributed by atoms with Crippen LogP contribution in [0.1, 0.15) is 271 Å². The van der Waals surface area contributed by atoms with Crippen LogP contribution < -0.4 is 24.5 Å². The molecule has 5 rings (SSSR count). The van der Waals surface area contributed by atoms with Gasteiger partial charge < -0.3 is 48.2 Å². The summed E-state index contributed by atoms with van der Waals surface area (Å²) >= 11 is 6.16. The molecule has 5 atom stereocenters. The van der Waals surface area contributed by atoms with E-state index in [1.807, 2.05) is 195 Å². The standard InChI is InChI=1S/C20H32FNO2.C20H31NO2.C19H29ClFNO2.2C19H30FNO2.5CO2/c1-8-9-10-22(17-11-15(6)18(21)16(7)12-17)19(13(2)3)20(23)24-14(4)5;1-7-9-14-21(18-13-11-10-12-17(18)8-2)19(15(3)4)20(22)23-16(5)6;1-7-8-9-22(15-10-16(20)14(6)17(21)11-15)18(12(2)3)19(23)24-13(4)5;1-7-8-11-21(16-10-9-15(6)17(20)12-16)18(13(2)3)19(22)23-14(4)5;1-7-8-9-21(17-11-15(6)10-16(20)12-17)18(13(2)3)19(22)23-14(4)5;5*2-1-3/h11-14,19H,8-10H2,1-7H3;8,10-13,15-16,19H,2,7,9,14H2,1,3-6H3;10-13,18H,7-9H2,1-6H3;9-10,12-14,18H,7-8,11H2,1-6H3;10-14,18H,7-9H2,1-6H3;;;;;. The number of rotatable bonds is 41. The van der Waals surface area contributed by atoms with Crippen molar-refractivity contribution in [2.24, 2.45) is 29.6 Å². The maximum absolute atomic E-state index is 14.2. The lowest BCUT2D eigenvalue weighted by atomic mass is 9.99. The number of ether oxygens (including phenoxy) is 5. The minimum absolute atomic E-state index is 0.0243. The lowest BCUT2D eigenvalue weighted by molar-refractivity contribution is -0.193. The van der Waals surface area contributed by atoms with Crippen molar-refractivity contribution in [3.63, 3.8) is 0 Å². The number of nitrogens with zero attached hydrogens (tertiary/aromatic N) is 5. The summed E-state index contributed by atoms with van der Waals surface area (Å²) in [5, 5.41) is 0.367. The van der Waals surface area contributed by atoms with E-state index in [1.54, 1.807) is 39.8 Å². The average Bonchev–Trinajstić information content (AvgIpc) is 0.875. The Balaban J connectivity index is -0.000000489. The molecule has 0 aliphatic rings. The predicted molar refractivity (Wildman–Crippen MR) is 506 cm³/mol. The third-order valence-electron chi connectivity index (χ3n) is 19.2. The van der Waals surface area contributed by atoms with E-state index < -0.39 is 18.1 Å². The van der Waals surface area contributed by atoms with Crippen molar-refractivity contribution in [3.8, 4) is 0 Å². The highest BCUT2D eigenvalue weighted by molar-refractivity contribution is 6.31. The van der Waals surface area contributed by atoms with Gasteiger partial charge in [-0.25, -0.2) is 41.5 Å². The molecule has 0 bridgehead atoms. The predicted octanol–water partition coefficient (Wildman–Crippen LogP) is 21.8. The van der Waals surface area contributed by atoms with Crippen molar-refractivity contribution in [1.29, 1.82) is 0 Å². The SMILES string of the molecule is C=Cc1ccccc1N(CCCC)C(C(=O)OC(C)C)C(C)C.CCCCN(c1cc(C)c(F)c(C)c1)C(C(=O)OC(C)C)C(C)C.CCCCN(c1cc(C)cc(F)c1)C(C(=O)OC(C)C)C(C)C.CCCCN(c1cc(F)c(C)c(Cl)c1)C(C(=O)OC(C)C)C(C)C.CCCCN(c1ccc(C)c(F)c1)C(C(=O)OC(C)C)C(C)C.O=C=O.O=C=O.O=C=O.O=C=O.O=C=O. The molecule has 0 aliphatic heterocycles. The van der Waals surface area contributed by atoms with Crippen LogP contribution in [0, 0.1) is 87.5 Å². The highest BCUT2D eigenvalue weighted by Crippen LogP contribution is 2.34. The summed E-state index contributed by atoms with van der Waals surface area (Å²) in [4.78, 5) is 155. The van der Waals surface area contributed by atoms with Gasteiger partial charge in [0.2, 0.25) is 0 Å². The molecule has 0 fully saturated rings. The van der Waals surface area contributed by atoms with Crippen molar-refractivity contribution in [1.82, 2.24) is 0 Å². The zero-order valence-corrected chi connectivity index (χ0v) is 84.7. The Kier molecular flexibility index (Phi) is 72.3. The van der Waals surface area contributed by atoms with Gasteiger partial charge in [-0.15, -0.1) is 0 Å². The van der Waals surface area contributed by atoms with Gasteiger partial charge in [-0.1, -0.05) is 184 Å². The van der Waals surface area contributed by atoms with Gasteiger partial charge in [0.05, 0.1) is 30.5 Å². The molecule has 5 unspecified atom stereocenters. The quantitative estimate of drug-likeness (QED) is 0.0199. The van der Waals surface area contributed by atoms with Gasteiger partial charge in [0.1, 0.15) is 53.5 Å². The van der Waals surface area contributed by atoms with Gasteiger partial charge in [-0.2, -0.15) is 47.9 Å². The van der Waals surface area contributed by atoms with E-state index in [0.29, 0.717) is 52.6 Å². The van der Waals surface area contributed by atoms with E-state index in [9.17, 15) is 41.5 Å². The van der Waals surface area contributed by atoms with E-state index in [0.717, 1.165) is 111 Å². The van der Waals surface area contributed by atoms with Crippen molar-refractivity contribution >= 4 is 107 Å². The summed E-state index contributed by atoms with van der Waals surface area (Å²) in [5.41, 5.74) is 8.17. The fourth-order valence-corrected chi connectivity index (χ4v) is 13.7. The number of halogens is 5. The number of anilines is 5. The van der Waals surface area contributed by atoms with Crippen molar-refractivity contribution < 1.29 is 113 Å². The number of hydrogen-bond donors (Lipinski definition) is 0. The molecule has 0 spiro atoms. The number of hydrogen-bond acceptors (Lipinski definition) is 25. The molecule has 5 aromatic rings. The highest BCUT2D eigenvalue weighted by atomic mass is 35.5. The molecule has 0 N–H and O–H groups in total. The molecule has 30 heteroatoms. The first-order chi connectivity index (χ1) is 61.9. The summed E-state index contributed by atoms with van der Waals surface area (Å²) in [7, 11) is 0. The second-order valence-electron chi connectivity index (χ2n) is 34.1. The first-order valence-corrected chi connectivity index (χ1v) is 45.6. The summed E-state index contributed by atoms with van der Waals surface area (Å²) in [6, 6.07) is 23.1. The number of esters is 5. The van der Waals surface area contributed by atoms with Gasteiger partial charge in [-0.05, 0) is 254 Å². The second kappa shape index (κ2) is 73.6.